The van der Waals surface area contributed by atoms with Gasteiger partial charge in [-0.3, -0.25) is 4.79 Å². The van der Waals surface area contributed by atoms with Crippen LogP contribution in [-0.2, 0) is 4.79 Å². The highest BCUT2D eigenvalue weighted by Gasteiger charge is 2.42. The summed E-state index contributed by atoms with van der Waals surface area (Å²) in [5.74, 6) is 0.757. The summed E-state index contributed by atoms with van der Waals surface area (Å²) in [7, 11) is 0. The van der Waals surface area contributed by atoms with Gasteiger partial charge in [-0.05, 0) is 70.5 Å². The molecule has 3 N–H and O–H groups in total. The SMILES string of the molecule is CCCNC1(C(N)=O)CCCC(N2CCC(CC)CC2)C1. The monoisotopic (exact) mass is 295 g/mol. The van der Waals surface area contributed by atoms with Gasteiger partial charge in [-0.25, -0.2) is 0 Å². The molecular weight excluding hydrogens is 262 g/mol. The average molecular weight is 295 g/mol. The first kappa shape index (κ1) is 16.8. The number of carbonyl (C=O) groups is 1. The van der Waals surface area contributed by atoms with Gasteiger partial charge in [-0.2, -0.15) is 0 Å². The van der Waals surface area contributed by atoms with E-state index in [2.05, 4.69) is 24.1 Å². The predicted molar refractivity (Wildman–Crippen MR) is 87.1 cm³/mol. The lowest BCUT2D eigenvalue weighted by Gasteiger charge is -2.45. The van der Waals surface area contributed by atoms with Crippen LogP contribution in [0, 0.1) is 5.92 Å². The minimum atomic E-state index is -0.458. The van der Waals surface area contributed by atoms with Gasteiger partial charge in [0, 0.05) is 6.04 Å². The molecule has 21 heavy (non-hydrogen) atoms. The highest BCUT2D eigenvalue weighted by Crippen LogP contribution is 2.33. The predicted octanol–water partition coefficient (Wildman–Crippen LogP) is 2.27. The van der Waals surface area contributed by atoms with Crippen LogP contribution in [0.25, 0.3) is 0 Å². The third-order valence-corrected chi connectivity index (χ3v) is 5.65. The maximum atomic E-state index is 12.1. The molecule has 2 atom stereocenters. The number of likely N-dealkylation sites (tertiary alicyclic amines) is 1. The molecule has 0 spiro atoms. The van der Waals surface area contributed by atoms with Crippen LogP contribution < -0.4 is 11.1 Å². The van der Waals surface area contributed by atoms with E-state index in [4.69, 9.17) is 5.73 Å². The van der Waals surface area contributed by atoms with Crippen LogP contribution in [0.3, 0.4) is 0 Å². The molecule has 0 aromatic heterocycles. The van der Waals surface area contributed by atoms with Gasteiger partial charge in [0.1, 0.15) is 0 Å². The van der Waals surface area contributed by atoms with Crippen molar-refractivity contribution in [2.24, 2.45) is 11.7 Å². The maximum Gasteiger partial charge on any atom is 0.237 e. The highest BCUT2D eigenvalue weighted by molar-refractivity contribution is 5.84. The zero-order valence-electron chi connectivity index (χ0n) is 13.9. The molecule has 4 nitrogen and oxygen atoms in total. The summed E-state index contributed by atoms with van der Waals surface area (Å²) in [5, 5.41) is 3.47. The van der Waals surface area contributed by atoms with E-state index in [1.54, 1.807) is 0 Å². The Bertz CT molecular complexity index is 339. The second-order valence-electron chi connectivity index (χ2n) is 7.01. The van der Waals surface area contributed by atoms with E-state index in [-0.39, 0.29) is 5.91 Å². The lowest BCUT2D eigenvalue weighted by atomic mass is 9.77. The quantitative estimate of drug-likeness (QED) is 0.790. The number of piperidine rings is 1. The van der Waals surface area contributed by atoms with Crippen molar-refractivity contribution < 1.29 is 4.79 Å². The number of rotatable bonds is 6. The molecule has 0 aromatic carbocycles. The van der Waals surface area contributed by atoms with Crippen molar-refractivity contribution in [1.82, 2.24) is 10.2 Å². The van der Waals surface area contributed by atoms with Gasteiger partial charge in [-0.15, -0.1) is 0 Å². The van der Waals surface area contributed by atoms with Crippen LogP contribution >= 0.6 is 0 Å². The molecule has 1 amide bonds. The zero-order valence-corrected chi connectivity index (χ0v) is 13.9. The minimum absolute atomic E-state index is 0.149. The number of carbonyl (C=O) groups excluding carboxylic acids is 1. The molecule has 1 saturated carbocycles. The van der Waals surface area contributed by atoms with E-state index in [1.807, 2.05) is 0 Å². The lowest BCUT2D eigenvalue weighted by Crippen LogP contribution is -2.61. The molecule has 2 rings (SSSR count). The van der Waals surface area contributed by atoms with Gasteiger partial charge < -0.3 is 16.0 Å². The van der Waals surface area contributed by atoms with E-state index in [0.29, 0.717) is 6.04 Å². The Kier molecular flexibility index (Phi) is 6.06. The van der Waals surface area contributed by atoms with Crippen LogP contribution in [0.2, 0.25) is 0 Å². The van der Waals surface area contributed by atoms with E-state index in [9.17, 15) is 4.79 Å². The van der Waals surface area contributed by atoms with Crippen molar-refractivity contribution in [3.8, 4) is 0 Å². The second-order valence-corrected chi connectivity index (χ2v) is 7.01. The number of hydrogen-bond donors (Lipinski definition) is 2. The molecule has 1 heterocycles. The summed E-state index contributed by atoms with van der Waals surface area (Å²) < 4.78 is 0. The third kappa shape index (κ3) is 3.98. The van der Waals surface area contributed by atoms with Gasteiger partial charge in [0.25, 0.3) is 0 Å². The number of hydrogen-bond acceptors (Lipinski definition) is 3. The van der Waals surface area contributed by atoms with E-state index in [1.165, 1.54) is 38.8 Å². The summed E-state index contributed by atoms with van der Waals surface area (Å²) >= 11 is 0. The summed E-state index contributed by atoms with van der Waals surface area (Å²) in [4.78, 5) is 14.7. The number of primary amides is 1. The number of nitrogens with two attached hydrogens (primary N) is 1. The van der Waals surface area contributed by atoms with Crippen molar-refractivity contribution in [3.63, 3.8) is 0 Å². The smallest absolute Gasteiger partial charge is 0.237 e. The molecule has 0 aromatic rings. The van der Waals surface area contributed by atoms with Crippen LogP contribution in [0.15, 0.2) is 0 Å². The highest BCUT2D eigenvalue weighted by atomic mass is 16.1. The second kappa shape index (κ2) is 7.59. The van der Waals surface area contributed by atoms with E-state index < -0.39 is 5.54 Å². The van der Waals surface area contributed by atoms with Crippen molar-refractivity contribution >= 4 is 5.91 Å². The van der Waals surface area contributed by atoms with Crippen LogP contribution in [-0.4, -0.2) is 42.0 Å². The topological polar surface area (TPSA) is 58.4 Å². The molecule has 1 aliphatic heterocycles. The Morgan fingerprint density at radius 3 is 2.57 bits per heavy atom. The average Bonchev–Trinajstić information content (AvgIpc) is 2.53. The van der Waals surface area contributed by atoms with Crippen molar-refractivity contribution in [1.29, 1.82) is 0 Å². The Morgan fingerprint density at radius 1 is 1.29 bits per heavy atom. The number of nitrogens with one attached hydrogen (secondary N) is 1. The molecule has 0 bridgehead atoms. The Morgan fingerprint density at radius 2 is 2.00 bits per heavy atom. The van der Waals surface area contributed by atoms with Gasteiger partial charge in [0.15, 0.2) is 0 Å². The Balaban J connectivity index is 1.97. The summed E-state index contributed by atoms with van der Waals surface area (Å²) in [6.07, 6.45) is 9.13. The maximum absolute atomic E-state index is 12.1. The molecule has 1 saturated heterocycles. The van der Waals surface area contributed by atoms with Crippen LogP contribution in [0.5, 0.6) is 0 Å². The third-order valence-electron chi connectivity index (χ3n) is 5.65. The molecule has 2 fully saturated rings. The molecule has 0 radical (unpaired) electrons. The van der Waals surface area contributed by atoms with E-state index >= 15 is 0 Å². The molecule has 122 valence electrons. The van der Waals surface area contributed by atoms with Crippen molar-refractivity contribution in [3.05, 3.63) is 0 Å². The van der Waals surface area contributed by atoms with E-state index in [0.717, 1.165) is 38.1 Å². The number of amides is 1. The molecular formula is C17H33N3O. The van der Waals surface area contributed by atoms with Gasteiger partial charge in [0.2, 0.25) is 5.91 Å². The summed E-state index contributed by atoms with van der Waals surface area (Å²) in [6.45, 7) is 7.72. The summed E-state index contributed by atoms with van der Waals surface area (Å²) in [5.41, 5.74) is 5.30. The summed E-state index contributed by atoms with van der Waals surface area (Å²) in [6, 6.07) is 0.536. The largest absolute Gasteiger partial charge is 0.368 e. The molecule has 1 aliphatic carbocycles. The van der Waals surface area contributed by atoms with Gasteiger partial charge >= 0.3 is 0 Å². The Labute approximate surface area is 129 Å². The van der Waals surface area contributed by atoms with Crippen molar-refractivity contribution in [2.45, 2.75) is 76.8 Å². The fourth-order valence-corrected chi connectivity index (χ4v) is 4.12. The van der Waals surface area contributed by atoms with Crippen molar-refractivity contribution in [2.75, 3.05) is 19.6 Å². The lowest BCUT2D eigenvalue weighted by molar-refractivity contribution is -0.127. The van der Waals surface area contributed by atoms with Gasteiger partial charge in [0.05, 0.1) is 5.54 Å². The Hall–Kier alpha value is -0.610. The first-order valence-electron chi connectivity index (χ1n) is 8.90. The van der Waals surface area contributed by atoms with Gasteiger partial charge in [-0.1, -0.05) is 20.3 Å². The first-order chi connectivity index (χ1) is 10.1. The fraction of sp³-hybridized carbons (Fsp3) is 0.941. The molecule has 2 aliphatic rings. The first-order valence-corrected chi connectivity index (χ1v) is 8.90. The molecule has 4 heteroatoms. The van der Waals surface area contributed by atoms with Crippen LogP contribution in [0.4, 0.5) is 0 Å². The zero-order chi connectivity index (χ0) is 15.3. The fourth-order valence-electron chi connectivity index (χ4n) is 4.12. The minimum Gasteiger partial charge on any atom is -0.368 e. The number of nitrogens with zero attached hydrogens (tertiary/aromatic N) is 1. The van der Waals surface area contributed by atoms with Crippen LogP contribution in [0.1, 0.15) is 65.2 Å². The standard InChI is InChI=1S/C17H33N3O/c1-3-10-19-17(16(18)21)9-5-6-15(13-17)20-11-7-14(4-2)8-12-20/h14-15,19H,3-13H2,1-2H3,(H2,18,21). The normalized spacial score (nSPS) is 32.2. The molecule has 2 unspecified atom stereocenters.